The first-order valence-corrected chi connectivity index (χ1v) is 5.79. The highest BCUT2D eigenvalue weighted by Gasteiger charge is 2.26. The molecular weight excluding hydrogens is 238 g/mol. The quantitative estimate of drug-likeness (QED) is 0.846. The van der Waals surface area contributed by atoms with Crippen LogP contribution in [0.15, 0.2) is 18.2 Å². The topological polar surface area (TPSA) is 55.1 Å². The second-order valence-electron chi connectivity index (χ2n) is 4.84. The molecule has 0 aliphatic heterocycles. The summed E-state index contributed by atoms with van der Waals surface area (Å²) in [6, 6.07) is 3.28. The van der Waals surface area contributed by atoms with E-state index >= 15 is 0 Å². The second kappa shape index (κ2) is 5.91. The van der Waals surface area contributed by atoms with E-state index in [4.69, 9.17) is 5.73 Å². The molecule has 0 aliphatic rings. The van der Waals surface area contributed by atoms with Crippen LogP contribution in [-0.2, 0) is 11.3 Å². The fourth-order valence-corrected chi connectivity index (χ4v) is 1.55. The van der Waals surface area contributed by atoms with Crippen molar-refractivity contribution in [3.63, 3.8) is 0 Å². The second-order valence-corrected chi connectivity index (χ2v) is 4.84. The summed E-state index contributed by atoms with van der Waals surface area (Å²) in [6.45, 7) is 4.00. The van der Waals surface area contributed by atoms with Gasteiger partial charge in [-0.2, -0.15) is 0 Å². The van der Waals surface area contributed by atoms with Crippen LogP contribution in [0.1, 0.15) is 25.8 Å². The van der Waals surface area contributed by atoms with Gasteiger partial charge in [0.25, 0.3) is 0 Å². The van der Waals surface area contributed by atoms with Crippen LogP contribution in [0.25, 0.3) is 0 Å². The van der Waals surface area contributed by atoms with Crippen molar-refractivity contribution >= 4 is 5.91 Å². The third kappa shape index (κ3) is 3.77. The predicted octanol–water partition coefficient (Wildman–Crippen LogP) is 1.96. The Kier molecular flexibility index (Phi) is 4.78. The normalized spacial score (nSPS) is 11.4. The number of carbonyl (C=O) groups excluding carboxylic acids is 1. The molecule has 1 amide bonds. The van der Waals surface area contributed by atoms with Crippen LogP contribution in [0.3, 0.4) is 0 Å². The van der Waals surface area contributed by atoms with E-state index in [0.29, 0.717) is 13.0 Å². The summed E-state index contributed by atoms with van der Waals surface area (Å²) in [5.74, 6) is -1.49. The number of rotatable bonds is 5. The lowest BCUT2D eigenvalue weighted by Gasteiger charge is -2.22. The van der Waals surface area contributed by atoms with Gasteiger partial charge in [0.2, 0.25) is 5.91 Å². The van der Waals surface area contributed by atoms with Gasteiger partial charge in [0.1, 0.15) is 11.6 Å². The molecule has 3 N–H and O–H groups in total. The molecule has 0 saturated carbocycles. The van der Waals surface area contributed by atoms with Crippen molar-refractivity contribution in [3.8, 4) is 0 Å². The van der Waals surface area contributed by atoms with E-state index in [-0.39, 0.29) is 18.0 Å². The molecule has 0 spiro atoms. The lowest BCUT2D eigenvalue weighted by atomic mass is 9.88. The smallest absolute Gasteiger partial charge is 0.225 e. The monoisotopic (exact) mass is 256 g/mol. The summed E-state index contributed by atoms with van der Waals surface area (Å²) < 4.78 is 26.0. The van der Waals surface area contributed by atoms with Gasteiger partial charge in [-0.05, 0) is 19.0 Å². The number of nitrogens with two attached hydrogens (primary N) is 1. The fourth-order valence-electron chi connectivity index (χ4n) is 1.55. The maximum Gasteiger partial charge on any atom is 0.225 e. The SMILES string of the molecule is CC(C)(CCN)C(=O)NCc1ccc(F)cc1F. The maximum absolute atomic E-state index is 13.3. The summed E-state index contributed by atoms with van der Waals surface area (Å²) in [4.78, 5) is 11.8. The van der Waals surface area contributed by atoms with E-state index in [1.54, 1.807) is 13.8 Å². The summed E-state index contributed by atoms with van der Waals surface area (Å²) >= 11 is 0. The summed E-state index contributed by atoms with van der Waals surface area (Å²) in [5.41, 5.74) is 5.08. The van der Waals surface area contributed by atoms with Gasteiger partial charge in [-0.1, -0.05) is 19.9 Å². The molecule has 5 heteroatoms. The van der Waals surface area contributed by atoms with Gasteiger partial charge in [0.05, 0.1) is 0 Å². The van der Waals surface area contributed by atoms with E-state index in [9.17, 15) is 13.6 Å². The van der Waals surface area contributed by atoms with Crippen molar-refractivity contribution < 1.29 is 13.6 Å². The minimum Gasteiger partial charge on any atom is -0.351 e. The third-order valence-corrected chi connectivity index (χ3v) is 2.84. The lowest BCUT2D eigenvalue weighted by molar-refractivity contribution is -0.129. The van der Waals surface area contributed by atoms with Crippen LogP contribution in [-0.4, -0.2) is 12.5 Å². The van der Waals surface area contributed by atoms with Crippen LogP contribution in [0.4, 0.5) is 8.78 Å². The summed E-state index contributed by atoms with van der Waals surface area (Å²) in [5, 5.41) is 2.63. The van der Waals surface area contributed by atoms with Crippen molar-refractivity contribution in [2.75, 3.05) is 6.54 Å². The van der Waals surface area contributed by atoms with Crippen LogP contribution >= 0.6 is 0 Å². The molecule has 0 heterocycles. The zero-order valence-corrected chi connectivity index (χ0v) is 10.6. The summed E-state index contributed by atoms with van der Waals surface area (Å²) in [6.07, 6.45) is 0.546. The van der Waals surface area contributed by atoms with E-state index in [0.717, 1.165) is 12.1 Å². The molecule has 0 atom stereocenters. The number of benzene rings is 1. The molecule has 100 valence electrons. The number of halogens is 2. The van der Waals surface area contributed by atoms with Crippen molar-refractivity contribution in [2.24, 2.45) is 11.1 Å². The van der Waals surface area contributed by atoms with Crippen molar-refractivity contribution in [1.82, 2.24) is 5.32 Å². The largest absolute Gasteiger partial charge is 0.351 e. The first kappa shape index (κ1) is 14.6. The predicted molar refractivity (Wildman–Crippen MR) is 65.7 cm³/mol. The first-order valence-electron chi connectivity index (χ1n) is 5.79. The molecule has 0 bridgehead atoms. The van der Waals surface area contributed by atoms with E-state index in [2.05, 4.69) is 5.32 Å². The van der Waals surface area contributed by atoms with E-state index in [1.165, 1.54) is 6.07 Å². The Morgan fingerprint density at radius 2 is 2.06 bits per heavy atom. The molecule has 1 aromatic carbocycles. The third-order valence-electron chi connectivity index (χ3n) is 2.84. The molecule has 0 fully saturated rings. The zero-order chi connectivity index (χ0) is 13.8. The molecule has 18 heavy (non-hydrogen) atoms. The number of carbonyl (C=O) groups is 1. The van der Waals surface area contributed by atoms with Crippen LogP contribution in [0, 0.1) is 17.0 Å². The first-order chi connectivity index (χ1) is 8.36. The average molecular weight is 256 g/mol. The molecule has 3 nitrogen and oxygen atoms in total. The van der Waals surface area contributed by atoms with Gasteiger partial charge >= 0.3 is 0 Å². The van der Waals surface area contributed by atoms with Gasteiger partial charge in [-0.25, -0.2) is 8.78 Å². The van der Waals surface area contributed by atoms with E-state index in [1.807, 2.05) is 0 Å². The van der Waals surface area contributed by atoms with Crippen molar-refractivity contribution in [1.29, 1.82) is 0 Å². The van der Waals surface area contributed by atoms with Gasteiger partial charge in [-0.3, -0.25) is 4.79 Å². The number of amides is 1. The zero-order valence-electron chi connectivity index (χ0n) is 10.6. The maximum atomic E-state index is 13.3. The Labute approximate surface area is 105 Å². The Morgan fingerprint density at radius 1 is 1.39 bits per heavy atom. The molecule has 0 saturated heterocycles. The van der Waals surface area contributed by atoms with Crippen molar-refractivity contribution in [3.05, 3.63) is 35.4 Å². The standard InChI is InChI=1S/C13H18F2N2O/c1-13(2,5-6-16)12(18)17-8-9-3-4-10(14)7-11(9)15/h3-4,7H,5-6,8,16H2,1-2H3,(H,17,18). The number of nitrogens with one attached hydrogen (secondary N) is 1. The number of hydrogen-bond donors (Lipinski definition) is 2. The van der Waals surface area contributed by atoms with Gasteiger partial charge in [0, 0.05) is 23.6 Å². The van der Waals surface area contributed by atoms with Crippen molar-refractivity contribution in [2.45, 2.75) is 26.8 Å². The minimum atomic E-state index is -0.660. The van der Waals surface area contributed by atoms with Crippen LogP contribution < -0.4 is 11.1 Å². The Balaban J connectivity index is 2.62. The minimum absolute atomic E-state index is 0.0406. The molecule has 0 radical (unpaired) electrons. The molecule has 0 aromatic heterocycles. The highest BCUT2D eigenvalue weighted by atomic mass is 19.1. The van der Waals surface area contributed by atoms with E-state index < -0.39 is 17.0 Å². The molecule has 0 unspecified atom stereocenters. The average Bonchev–Trinajstić information content (AvgIpc) is 2.27. The number of hydrogen-bond acceptors (Lipinski definition) is 2. The highest BCUT2D eigenvalue weighted by molar-refractivity contribution is 5.81. The molecular formula is C13H18F2N2O. The summed E-state index contributed by atoms with van der Waals surface area (Å²) in [7, 11) is 0. The Hall–Kier alpha value is -1.49. The molecule has 0 aliphatic carbocycles. The van der Waals surface area contributed by atoms with Gasteiger partial charge in [0.15, 0.2) is 0 Å². The lowest BCUT2D eigenvalue weighted by Crippen LogP contribution is -2.38. The van der Waals surface area contributed by atoms with Gasteiger partial charge in [-0.15, -0.1) is 0 Å². The van der Waals surface area contributed by atoms with Crippen LogP contribution in [0.2, 0.25) is 0 Å². The van der Waals surface area contributed by atoms with Crippen LogP contribution in [0.5, 0.6) is 0 Å². The van der Waals surface area contributed by atoms with Gasteiger partial charge < -0.3 is 11.1 Å². The molecule has 1 rings (SSSR count). The fraction of sp³-hybridized carbons (Fsp3) is 0.462. The molecule has 1 aromatic rings. The Bertz CT molecular complexity index is 433. The Morgan fingerprint density at radius 3 is 2.61 bits per heavy atom. The highest BCUT2D eigenvalue weighted by Crippen LogP contribution is 2.19.